The van der Waals surface area contributed by atoms with E-state index in [2.05, 4.69) is 10.6 Å². The third-order valence-electron chi connectivity index (χ3n) is 9.07. The van der Waals surface area contributed by atoms with Crippen molar-refractivity contribution in [3.8, 4) is 0 Å². The molecule has 2 aliphatic carbocycles. The number of carbonyl (C=O) groups excluding carboxylic acids is 5. The Balaban J connectivity index is 1.60. The number of alkyl carbamates (subject to hydrolysis) is 1. The SMILES string of the molecule is CC(C)(C)OC(=O)N[C@H](C(=O)N1C[C@@H]2OC(C)(C)C[C@@H]2[C@H]1C(=O)NC(CC1CCC1)C(=O)C(N)=O)C1CCCCC1. The van der Waals surface area contributed by atoms with Crippen LogP contribution in [-0.2, 0) is 28.7 Å². The summed E-state index contributed by atoms with van der Waals surface area (Å²) >= 11 is 0. The van der Waals surface area contributed by atoms with Crippen molar-refractivity contribution < 1.29 is 33.4 Å². The minimum atomic E-state index is -1.09. The Labute approximate surface area is 243 Å². The molecule has 2 saturated carbocycles. The highest BCUT2D eigenvalue weighted by molar-refractivity contribution is 6.37. The maximum Gasteiger partial charge on any atom is 0.408 e. The first-order chi connectivity index (χ1) is 19.1. The number of rotatable bonds is 9. The van der Waals surface area contributed by atoms with Crippen molar-refractivity contribution in [3.63, 3.8) is 0 Å². The second-order valence-corrected chi connectivity index (χ2v) is 14.1. The molecular formula is C30H48N4O7. The van der Waals surface area contributed by atoms with Gasteiger partial charge in [0.25, 0.3) is 5.91 Å². The van der Waals surface area contributed by atoms with Crippen molar-refractivity contribution in [2.24, 2.45) is 23.5 Å². The first-order valence-electron chi connectivity index (χ1n) is 15.3. The summed E-state index contributed by atoms with van der Waals surface area (Å²) in [5.74, 6) is -2.91. The van der Waals surface area contributed by atoms with Gasteiger partial charge in [0.05, 0.1) is 17.7 Å². The maximum absolute atomic E-state index is 14.3. The lowest BCUT2D eigenvalue weighted by Gasteiger charge is -2.36. The van der Waals surface area contributed by atoms with Gasteiger partial charge in [0.15, 0.2) is 0 Å². The molecule has 0 radical (unpaired) electrons. The molecule has 1 unspecified atom stereocenters. The molecule has 5 atom stereocenters. The van der Waals surface area contributed by atoms with Crippen LogP contribution in [0.2, 0.25) is 0 Å². The fourth-order valence-corrected chi connectivity index (χ4v) is 7.02. The van der Waals surface area contributed by atoms with Crippen LogP contribution >= 0.6 is 0 Å². The maximum atomic E-state index is 14.3. The van der Waals surface area contributed by atoms with Gasteiger partial charge in [-0.15, -0.1) is 0 Å². The largest absolute Gasteiger partial charge is 0.444 e. The number of Topliss-reactive ketones (excluding diaryl/α,β-unsaturated/α-hetero) is 1. The predicted octanol–water partition coefficient (Wildman–Crippen LogP) is 2.58. The molecule has 4 fully saturated rings. The molecule has 11 heteroatoms. The quantitative estimate of drug-likeness (QED) is 0.356. The van der Waals surface area contributed by atoms with Gasteiger partial charge in [0.2, 0.25) is 17.6 Å². The van der Waals surface area contributed by atoms with Crippen LogP contribution in [0.1, 0.15) is 98.8 Å². The zero-order valence-corrected chi connectivity index (χ0v) is 25.2. The van der Waals surface area contributed by atoms with E-state index in [1.807, 2.05) is 13.8 Å². The van der Waals surface area contributed by atoms with E-state index in [0.29, 0.717) is 12.8 Å². The molecular weight excluding hydrogens is 528 g/mol. The lowest BCUT2D eigenvalue weighted by Crippen LogP contribution is -2.59. The Bertz CT molecular complexity index is 1030. The minimum absolute atomic E-state index is 0.0897. The van der Waals surface area contributed by atoms with Gasteiger partial charge in [0.1, 0.15) is 17.7 Å². The van der Waals surface area contributed by atoms with E-state index < -0.39 is 53.0 Å². The number of carbonyl (C=O) groups is 5. The van der Waals surface area contributed by atoms with Gasteiger partial charge < -0.3 is 30.7 Å². The van der Waals surface area contributed by atoms with Crippen molar-refractivity contribution in [2.75, 3.05) is 6.54 Å². The number of likely N-dealkylation sites (tertiary alicyclic amines) is 1. The van der Waals surface area contributed by atoms with Crippen molar-refractivity contribution in [1.29, 1.82) is 0 Å². The molecule has 11 nitrogen and oxygen atoms in total. The van der Waals surface area contributed by atoms with Crippen molar-refractivity contribution >= 4 is 29.6 Å². The van der Waals surface area contributed by atoms with E-state index >= 15 is 0 Å². The molecule has 0 aromatic rings. The number of hydrogen-bond acceptors (Lipinski definition) is 7. The summed E-state index contributed by atoms with van der Waals surface area (Å²) in [5, 5.41) is 5.64. The third kappa shape index (κ3) is 7.59. The van der Waals surface area contributed by atoms with Crippen LogP contribution in [0.15, 0.2) is 0 Å². The van der Waals surface area contributed by atoms with E-state index in [1.165, 1.54) is 4.90 Å². The Hall–Kier alpha value is -2.69. The van der Waals surface area contributed by atoms with E-state index in [1.54, 1.807) is 20.8 Å². The van der Waals surface area contributed by atoms with Crippen LogP contribution in [0.3, 0.4) is 0 Å². The van der Waals surface area contributed by atoms with Gasteiger partial charge in [-0.3, -0.25) is 19.2 Å². The zero-order chi connectivity index (χ0) is 30.1. The Morgan fingerprint density at radius 1 is 1.00 bits per heavy atom. The highest BCUT2D eigenvalue weighted by Gasteiger charge is 2.56. The van der Waals surface area contributed by atoms with Gasteiger partial charge in [-0.1, -0.05) is 38.5 Å². The summed E-state index contributed by atoms with van der Waals surface area (Å²) in [6.45, 7) is 9.39. The number of nitrogens with two attached hydrogens (primary N) is 1. The Morgan fingerprint density at radius 3 is 2.22 bits per heavy atom. The molecule has 0 aromatic carbocycles. The molecule has 4 N–H and O–H groups in total. The standard InChI is InChI=1S/C30H48N4O7/c1-29(2,3)41-28(39)33-22(18-12-7-6-8-13-18)27(38)34-16-21-19(15-30(4,5)40-21)23(34)26(37)32-20(24(35)25(31)36)14-17-10-9-11-17/h17-23H,6-16H2,1-5H3,(H2,31,36)(H,32,37)(H,33,39)/t19-,20?,21-,22-,23-/m0/s1. The molecule has 2 heterocycles. The van der Waals surface area contributed by atoms with Gasteiger partial charge >= 0.3 is 6.09 Å². The smallest absolute Gasteiger partial charge is 0.408 e. The van der Waals surface area contributed by atoms with Crippen LogP contribution in [0.4, 0.5) is 4.79 Å². The summed E-state index contributed by atoms with van der Waals surface area (Å²) < 4.78 is 11.8. The van der Waals surface area contributed by atoms with Crippen LogP contribution in [0.25, 0.3) is 0 Å². The summed E-state index contributed by atoms with van der Waals surface area (Å²) in [6, 6.07) is -2.80. The number of nitrogens with one attached hydrogen (secondary N) is 2. The molecule has 230 valence electrons. The van der Waals surface area contributed by atoms with Gasteiger partial charge in [-0.25, -0.2) is 4.79 Å². The third-order valence-corrected chi connectivity index (χ3v) is 9.07. The summed E-state index contributed by atoms with van der Waals surface area (Å²) in [4.78, 5) is 67.2. The molecule has 4 rings (SSSR count). The van der Waals surface area contributed by atoms with Crippen molar-refractivity contribution in [1.82, 2.24) is 15.5 Å². The first-order valence-corrected chi connectivity index (χ1v) is 15.3. The number of nitrogens with zero attached hydrogens (tertiary/aromatic N) is 1. The predicted molar refractivity (Wildman–Crippen MR) is 150 cm³/mol. The van der Waals surface area contributed by atoms with Crippen LogP contribution in [-0.4, -0.2) is 76.5 Å². The molecule has 41 heavy (non-hydrogen) atoms. The molecule has 2 aliphatic heterocycles. The van der Waals surface area contributed by atoms with E-state index in [9.17, 15) is 24.0 Å². The van der Waals surface area contributed by atoms with E-state index in [0.717, 1.165) is 51.4 Å². The number of ether oxygens (including phenoxy) is 2. The molecule has 2 saturated heterocycles. The fourth-order valence-electron chi connectivity index (χ4n) is 7.02. The van der Waals surface area contributed by atoms with Gasteiger partial charge in [0, 0.05) is 12.5 Å². The van der Waals surface area contributed by atoms with Crippen LogP contribution in [0, 0.1) is 17.8 Å². The summed E-state index contributed by atoms with van der Waals surface area (Å²) in [5.41, 5.74) is 4.12. The molecule has 4 aliphatic rings. The van der Waals surface area contributed by atoms with Gasteiger partial charge in [-0.05, 0) is 72.1 Å². The molecule has 0 aromatic heterocycles. The summed E-state index contributed by atoms with van der Waals surface area (Å²) in [6.07, 6.45) is 7.29. The topological polar surface area (TPSA) is 157 Å². The second kappa shape index (κ2) is 12.3. The lowest BCUT2D eigenvalue weighted by molar-refractivity contribution is -0.144. The number of hydrogen-bond donors (Lipinski definition) is 3. The number of primary amides is 1. The first kappa shape index (κ1) is 31.3. The average Bonchev–Trinajstić information content (AvgIpc) is 3.33. The second-order valence-electron chi connectivity index (χ2n) is 14.1. The molecule has 4 amide bonds. The van der Waals surface area contributed by atoms with Crippen molar-refractivity contribution in [2.45, 2.75) is 134 Å². The number of fused-ring (bicyclic) bond motifs is 1. The minimum Gasteiger partial charge on any atom is -0.444 e. The average molecular weight is 577 g/mol. The fraction of sp³-hybridized carbons (Fsp3) is 0.833. The normalized spacial score (nSPS) is 27.7. The number of ketones is 1. The van der Waals surface area contributed by atoms with Gasteiger partial charge in [-0.2, -0.15) is 0 Å². The molecule has 0 bridgehead atoms. The highest BCUT2D eigenvalue weighted by Crippen LogP contribution is 2.43. The van der Waals surface area contributed by atoms with E-state index in [4.69, 9.17) is 15.2 Å². The summed E-state index contributed by atoms with van der Waals surface area (Å²) in [7, 11) is 0. The monoisotopic (exact) mass is 576 g/mol. The Morgan fingerprint density at radius 2 is 1.66 bits per heavy atom. The Kier molecular flexibility index (Phi) is 9.35. The molecule has 0 spiro atoms. The lowest BCUT2D eigenvalue weighted by atomic mass is 9.80. The van der Waals surface area contributed by atoms with Crippen molar-refractivity contribution in [3.05, 3.63) is 0 Å². The van der Waals surface area contributed by atoms with Crippen LogP contribution in [0.5, 0.6) is 0 Å². The zero-order valence-electron chi connectivity index (χ0n) is 25.2. The highest BCUT2D eigenvalue weighted by atomic mass is 16.6. The number of amides is 4. The van der Waals surface area contributed by atoms with E-state index in [-0.39, 0.29) is 36.3 Å². The van der Waals surface area contributed by atoms with Crippen LogP contribution < -0.4 is 16.4 Å².